The smallest absolute Gasteiger partial charge is 0.222 e. The minimum Gasteiger partial charge on any atom is -0.396 e. The third-order valence-electron chi connectivity index (χ3n) is 23.3. The molecule has 0 aromatic heterocycles. The van der Waals surface area contributed by atoms with Gasteiger partial charge in [0.05, 0.1) is 171 Å². The lowest BCUT2D eigenvalue weighted by atomic mass is 9.97. The molecule has 6 unspecified atom stereocenters. The van der Waals surface area contributed by atoms with Gasteiger partial charge in [0.2, 0.25) is 23.6 Å². The molecule has 16 atom stereocenters. The lowest BCUT2D eigenvalue weighted by molar-refractivity contribution is -0.302. The van der Waals surface area contributed by atoms with Crippen molar-refractivity contribution in [2.24, 2.45) is 5.92 Å². The zero-order valence-electron chi connectivity index (χ0n) is 81.8. The maximum atomic E-state index is 14.3. The molecule has 0 saturated carbocycles. The van der Waals surface area contributed by atoms with Crippen LogP contribution in [0.25, 0.3) is 0 Å². The minimum atomic E-state index is -1.85. The van der Waals surface area contributed by atoms with Gasteiger partial charge in [-0.1, -0.05) is 153 Å². The number of aliphatic hydroxyl groups excluding tert-OH is 13. The van der Waals surface area contributed by atoms with Gasteiger partial charge in [-0.3, -0.25) is 19.2 Å². The van der Waals surface area contributed by atoms with E-state index in [1.807, 2.05) is 0 Å². The Morgan fingerprint density at radius 1 is 0.415 bits per heavy atom. The van der Waals surface area contributed by atoms with Crippen LogP contribution in [0, 0.1) is 5.92 Å². The zero-order valence-corrected chi connectivity index (χ0v) is 81.8. The van der Waals surface area contributed by atoms with E-state index in [0.717, 1.165) is 83.6 Å². The third kappa shape index (κ3) is 60.6. The topological polar surface area (TPSA) is 530 Å². The monoisotopic (exact) mass is 1940 g/mol. The zero-order chi connectivity index (χ0) is 98.5. The van der Waals surface area contributed by atoms with E-state index in [9.17, 15) is 85.6 Å². The van der Waals surface area contributed by atoms with Crippen LogP contribution in [0.15, 0.2) is 48.6 Å². The summed E-state index contributed by atoms with van der Waals surface area (Å²) in [6.45, 7) is 6.82. The minimum absolute atomic E-state index is 0.0156. The number of unbranched alkanes of at least 4 members (excludes halogenated alkanes) is 20. The Morgan fingerprint density at radius 2 is 0.793 bits per heavy atom. The van der Waals surface area contributed by atoms with E-state index in [2.05, 4.69) is 95.7 Å². The van der Waals surface area contributed by atoms with Crippen molar-refractivity contribution in [2.45, 2.75) is 336 Å². The molecule has 3 fully saturated rings. The number of aliphatic hydroxyl groups is 13. The molecule has 4 amide bonds. The highest BCUT2D eigenvalue weighted by Gasteiger charge is 2.46. The van der Waals surface area contributed by atoms with Gasteiger partial charge in [0.25, 0.3) is 0 Å². The first kappa shape index (κ1) is 125. The van der Waals surface area contributed by atoms with Gasteiger partial charge >= 0.3 is 0 Å². The van der Waals surface area contributed by atoms with Crippen molar-refractivity contribution in [3.05, 3.63) is 48.6 Å². The van der Waals surface area contributed by atoms with Crippen molar-refractivity contribution >= 4 is 23.6 Å². The summed E-state index contributed by atoms with van der Waals surface area (Å²) in [5, 5.41) is 141. The van der Waals surface area contributed by atoms with Gasteiger partial charge in [-0.05, 0) is 103 Å². The lowest BCUT2D eigenvalue weighted by Gasteiger charge is -2.39. The molecule has 790 valence electrons. The van der Waals surface area contributed by atoms with E-state index >= 15 is 0 Å². The number of allylic oxidation sites excluding steroid dienone is 8. The number of hydrogen-bond acceptors (Lipinski definition) is 34. The SMILES string of the molecule is CCCCC/C=C\C/C=C\CCCCCCCCC1(CCCCCCCC/C=C\C/C=C\CCCCC)OC[C@H](CN(C)CCCCCC(=O)NC(COCCC(=O)NCCOCCOCCO[C@@H]2OC(CO)[C@@H](O)C(O)[C@H]2O)(COCCC(=O)NCCOCCOCCO[C@@H]2OC(CO)[C@@H](O)C(O)[C@H]2O)COCCC(=O)NCCOCCOCCO[C@H](O)[C@H](O)C(O)[C@H](O)C(C)CO)O1. The number of carbonyl (C=O) groups excluding carboxylic acids is 4. The molecule has 3 heterocycles. The summed E-state index contributed by atoms with van der Waals surface area (Å²) < 4.78 is 92.2. The summed E-state index contributed by atoms with van der Waals surface area (Å²) in [5.74, 6) is -2.79. The Balaban J connectivity index is 1.65. The maximum Gasteiger partial charge on any atom is 0.222 e. The number of amides is 4. The van der Waals surface area contributed by atoms with Crippen LogP contribution >= 0.6 is 0 Å². The fourth-order valence-corrected chi connectivity index (χ4v) is 15.0. The number of nitrogens with one attached hydrogen (secondary N) is 4. The van der Waals surface area contributed by atoms with Gasteiger partial charge in [-0.25, -0.2) is 0 Å². The predicted octanol–water partition coefficient (Wildman–Crippen LogP) is 4.20. The molecular weight excluding hydrogens is 1760 g/mol. The van der Waals surface area contributed by atoms with Crippen molar-refractivity contribution in [2.75, 3.05) is 205 Å². The molecule has 3 saturated heterocycles. The van der Waals surface area contributed by atoms with E-state index in [1.54, 1.807) is 0 Å². The number of hydrogen-bond donors (Lipinski definition) is 17. The highest BCUT2D eigenvalue weighted by molar-refractivity contribution is 5.77. The van der Waals surface area contributed by atoms with Crippen LogP contribution in [0.2, 0.25) is 0 Å². The second kappa shape index (κ2) is 82.1. The molecule has 17 N–H and O–H groups in total. The average Bonchev–Trinajstić information content (AvgIpc) is 1.77. The van der Waals surface area contributed by atoms with Gasteiger partial charge in [-0.2, -0.15) is 0 Å². The Kier molecular flexibility index (Phi) is 75.9. The molecule has 3 rings (SSSR count). The summed E-state index contributed by atoms with van der Waals surface area (Å²) in [4.78, 5) is 56.1. The first-order chi connectivity index (χ1) is 65.5. The summed E-state index contributed by atoms with van der Waals surface area (Å²) >= 11 is 0. The van der Waals surface area contributed by atoms with Crippen molar-refractivity contribution < 1.29 is 161 Å². The number of carbonyl (C=O) groups is 4. The summed E-state index contributed by atoms with van der Waals surface area (Å²) in [6.07, 6.45) is 29.3. The molecule has 0 bridgehead atoms. The Labute approximate surface area is 803 Å². The van der Waals surface area contributed by atoms with Crippen LogP contribution in [0.3, 0.4) is 0 Å². The second-order valence-corrected chi connectivity index (χ2v) is 35.2. The van der Waals surface area contributed by atoms with Gasteiger partial charge < -0.3 is 168 Å². The molecular formula is C97H179N5O33. The third-order valence-corrected chi connectivity index (χ3v) is 23.3. The van der Waals surface area contributed by atoms with Gasteiger partial charge in [0.15, 0.2) is 24.7 Å². The van der Waals surface area contributed by atoms with Crippen molar-refractivity contribution in [3.8, 4) is 0 Å². The highest BCUT2D eigenvalue weighted by Crippen LogP contribution is 2.36. The van der Waals surface area contributed by atoms with Crippen LogP contribution in [0.5, 0.6) is 0 Å². The quantitative estimate of drug-likeness (QED) is 0.0230. The lowest BCUT2D eigenvalue weighted by Crippen LogP contribution is -2.59. The number of rotatable bonds is 91. The molecule has 0 radical (unpaired) electrons. The van der Waals surface area contributed by atoms with E-state index < -0.39 is 123 Å². The van der Waals surface area contributed by atoms with Crippen molar-refractivity contribution in [1.82, 2.24) is 26.2 Å². The molecule has 3 aliphatic heterocycles. The summed E-state index contributed by atoms with van der Waals surface area (Å²) in [7, 11) is 2.09. The van der Waals surface area contributed by atoms with Gasteiger partial charge in [0, 0.05) is 77.2 Å². The largest absolute Gasteiger partial charge is 0.396 e. The van der Waals surface area contributed by atoms with Crippen LogP contribution < -0.4 is 21.3 Å². The molecule has 3 aliphatic rings. The Morgan fingerprint density at radius 3 is 1.20 bits per heavy atom. The fourth-order valence-electron chi connectivity index (χ4n) is 15.0. The molecule has 0 aromatic carbocycles. The van der Waals surface area contributed by atoms with Gasteiger partial charge in [0.1, 0.15) is 66.6 Å². The van der Waals surface area contributed by atoms with Crippen LogP contribution in [0.1, 0.15) is 233 Å². The maximum absolute atomic E-state index is 14.3. The number of nitrogens with zero attached hydrogens (tertiary/aromatic N) is 1. The molecule has 38 heteroatoms. The van der Waals surface area contributed by atoms with E-state index in [0.29, 0.717) is 19.6 Å². The first-order valence-electron chi connectivity index (χ1n) is 50.2. The molecule has 0 aliphatic carbocycles. The van der Waals surface area contributed by atoms with Crippen LogP contribution in [0.4, 0.5) is 0 Å². The Hall–Kier alpha value is -4.36. The predicted molar refractivity (Wildman–Crippen MR) is 504 cm³/mol. The van der Waals surface area contributed by atoms with E-state index in [-0.39, 0.29) is 214 Å². The molecule has 0 spiro atoms. The number of ether oxygens (including phenoxy) is 16. The first-order valence-corrected chi connectivity index (χ1v) is 50.2. The fraction of sp³-hybridized carbons (Fsp3) is 0.876. The summed E-state index contributed by atoms with van der Waals surface area (Å²) in [6, 6.07) is 0. The average molecular weight is 1940 g/mol. The summed E-state index contributed by atoms with van der Waals surface area (Å²) in [5.41, 5.74) is -1.41. The van der Waals surface area contributed by atoms with E-state index in [1.165, 1.54) is 110 Å². The molecule has 38 nitrogen and oxygen atoms in total. The van der Waals surface area contributed by atoms with Crippen molar-refractivity contribution in [1.29, 1.82) is 0 Å². The normalized spacial score (nSPS) is 22.0. The second-order valence-electron chi connectivity index (χ2n) is 35.2. The molecule has 0 aromatic rings. The van der Waals surface area contributed by atoms with Crippen LogP contribution in [-0.2, 0) is 95.0 Å². The highest BCUT2D eigenvalue weighted by atomic mass is 16.7. The standard InChI is InChI=1S/C97H179N5O33/c1-5-7-9-11-13-15-17-19-21-23-25-27-29-31-33-37-44-97(45-38-34-32-30-28-26-24-22-20-18-16-14-12-10-8-6-2)132-72-77(135-97)68-102(4)49-39-35-36-40-83(109)101-96(73-126-50-41-80(106)98-46-53-120-56-59-123-62-65-129-93(119)90(116)87(113)84(110)76(3)69-103,74-127-51-42-81(107)99-47-54-121-57-60-124-63-66-130-94-91(117)88(114)85(111)78(70-104)133-94)75-128-52-43-82(108)100-48-55-122-58-61-125-64-67-131-95-92(118)89(115)86(112)79(71-105)134-95/h13-16,19-22,76-79,84-95,103-105,110-119H,5-12,17-18,23-75H2,1-4H3,(H,98,106)(H,99,107)(H,100,108)(H,101,109)/b15-13-,16-14-,21-19-,22-20-/t76?,77-,78?,79?,84+,85+,86+,87?,88?,89?,90+,91+,92+,93-,94+,95+,96?/m0/s1. The number of likely N-dealkylation sites (N-methyl/N-ethyl adjacent to an activating group) is 1. The Bertz CT molecular complexity index is 2850. The van der Waals surface area contributed by atoms with E-state index in [4.69, 9.17) is 75.8 Å². The molecule has 135 heavy (non-hydrogen) atoms. The van der Waals surface area contributed by atoms with Crippen molar-refractivity contribution in [3.63, 3.8) is 0 Å². The van der Waals surface area contributed by atoms with Gasteiger partial charge in [-0.15, -0.1) is 0 Å². The van der Waals surface area contributed by atoms with Crippen LogP contribution in [-0.4, -0.2) is 403 Å².